The maximum atomic E-state index is 12.1. The van der Waals surface area contributed by atoms with Crippen molar-refractivity contribution in [2.24, 2.45) is 0 Å². The summed E-state index contributed by atoms with van der Waals surface area (Å²) in [5.41, 5.74) is 3.40. The molecule has 0 saturated carbocycles. The van der Waals surface area contributed by atoms with E-state index in [0.29, 0.717) is 11.1 Å². The summed E-state index contributed by atoms with van der Waals surface area (Å²) in [4.78, 5) is 0. The maximum Gasteiger partial charge on any atom is 0.205 e. The highest BCUT2D eigenvalue weighted by Crippen LogP contribution is 2.40. The second kappa shape index (κ2) is 4.63. The highest BCUT2D eigenvalue weighted by Gasteiger charge is 2.36. The monoisotopic (exact) mass is 286 g/mol. The molecule has 3 atom stereocenters. The number of hydrogen-bond acceptors (Lipinski definition) is 4. The van der Waals surface area contributed by atoms with Gasteiger partial charge >= 0.3 is 0 Å². The number of tetrazole rings is 1. The lowest BCUT2D eigenvalue weighted by molar-refractivity contribution is 0.674. The molecule has 2 aliphatic heterocycles. The zero-order chi connectivity index (χ0) is 13.5. The van der Waals surface area contributed by atoms with Gasteiger partial charge in [-0.2, -0.15) is 5.21 Å². The largest absolute Gasteiger partial charge is 0.259 e. The van der Waals surface area contributed by atoms with Gasteiger partial charge in [0.1, 0.15) is 0 Å². The predicted molar refractivity (Wildman–Crippen MR) is 77.2 cm³/mol. The summed E-state index contributed by atoms with van der Waals surface area (Å²) in [5, 5.41) is 14.8. The molecule has 20 heavy (non-hydrogen) atoms. The average molecular weight is 286 g/mol. The van der Waals surface area contributed by atoms with Crippen molar-refractivity contribution in [1.29, 1.82) is 0 Å². The molecule has 0 radical (unpaired) electrons. The number of nitrogens with one attached hydrogen (secondary N) is 1. The van der Waals surface area contributed by atoms with Gasteiger partial charge in [0.25, 0.3) is 0 Å². The minimum absolute atomic E-state index is 0.224. The Kier molecular flexibility index (Phi) is 2.77. The molecule has 5 nitrogen and oxygen atoms in total. The lowest BCUT2D eigenvalue weighted by atomic mass is 9.95. The molecule has 0 spiro atoms. The molecule has 1 N–H and O–H groups in total. The third kappa shape index (κ3) is 1.83. The molecule has 2 bridgehead atoms. The van der Waals surface area contributed by atoms with Crippen LogP contribution < -0.4 is 0 Å². The molecule has 1 saturated heterocycles. The number of nitrogens with zero attached hydrogens (tertiary/aromatic N) is 3. The molecule has 3 unspecified atom stereocenters. The predicted octanol–water partition coefficient (Wildman–Crippen LogP) is 1.93. The second-order valence-corrected chi connectivity index (χ2v) is 7.17. The average Bonchev–Trinajstić information content (AvgIpc) is 3.06. The van der Waals surface area contributed by atoms with E-state index in [0.717, 1.165) is 30.4 Å². The van der Waals surface area contributed by atoms with Crippen molar-refractivity contribution in [2.45, 2.75) is 29.8 Å². The fourth-order valence-corrected chi connectivity index (χ4v) is 5.01. The molecule has 102 valence electrons. The fraction of sp³-hybridized carbons (Fsp3) is 0.357. The molecule has 6 heteroatoms. The Morgan fingerprint density at radius 2 is 2.05 bits per heavy atom. The number of benzene rings is 1. The van der Waals surface area contributed by atoms with E-state index in [9.17, 15) is 4.21 Å². The molecule has 2 aromatic rings. The van der Waals surface area contributed by atoms with Crippen LogP contribution in [0.3, 0.4) is 0 Å². The quantitative estimate of drug-likeness (QED) is 0.915. The molecular weight excluding hydrogens is 272 g/mol. The van der Waals surface area contributed by atoms with Gasteiger partial charge in [0, 0.05) is 21.6 Å². The Bertz CT molecular complexity index is 695. The molecule has 0 aliphatic carbocycles. The molecule has 4 rings (SSSR count). The highest BCUT2D eigenvalue weighted by atomic mass is 32.2. The standard InChI is InChI=1S/C14H14N4OS/c19-20-10-5-6-11(20)8-9(7-10)12-3-1-2-4-13(12)14-15-17-18-16-14/h1-4,7,10-11H,5-6,8H2,(H,15,16,17,18). The van der Waals surface area contributed by atoms with Gasteiger partial charge in [0.05, 0.1) is 5.25 Å². The van der Waals surface area contributed by atoms with E-state index in [-0.39, 0.29) is 5.25 Å². The van der Waals surface area contributed by atoms with Gasteiger partial charge < -0.3 is 0 Å². The van der Waals surface area contributed by atoms with E-state index < -0.39 is 10.8 Å². The number of hydrogen-bond donors (Lipinski definition) is 1. The van der Waals surface area contributed by atoms with Gasteiger partial charge in [-0.1, -0.05) is 30.3 Å². The van der Waals surface area contributed by atoms with E-state index in [2.05, 4.69) is 32.8 Å². The van der Waals surface area contributed by atoms with Crippen LogP contribution in [-0.2, 0) is 10.8 Å². The van der Waals surface area contributed by atoms with Crippen molar-refractivity contribution in [1.82, 2.24) is 20.6 Å². The first-order chi connectivity index (χ1) is 9.83. The Labute approximate surface area is 118 Å². The SMILES string of the molecule is O=S1C2C=C(c3ccccc3-c3nn[nH]n3)CC1CC2. The van der Waals surface area contributed by atoms with Crippen LogP contribution in [-0.4, -0.2) is 35.3 Å². The number of aromatic amines is 1. The molecule has 0 amide bonds. The molecule has 2 aliphatic rings. The zero-order valence-corrected chi connectivity index (χ0v) is 11.6. The van der Waals surface area contributed by atoms with E-state index >= 15 is 0 Å². The summed E-state index contributed by atoms with van der Waals surface area (Å²) in [6, 6.07) is 8.10. The van der Waals surface area contributed by atoms with E-state index in [4.69, 9.17) is 0 Å². The lowest BCUT2D eigenvalue weighted by Crippen LogP contribution is -2.20. The van der Waals surface area contributed by atoms with Gasteiger partial charge in [-0.25, -0.2) is 0 Å². The minimum atomic E-state index is -0.683. The van der Waals surface area contributed by atoms with Crippen molar-refractivity contribution in [3.05, 3.63) is 35.9 Å². The maximum absolute atomic E-state index is 12.1. The highest BCUT2D eigenvalue weighted by molar-refractivity contribution is 7.86. The molecule has 1 fully saturated rings. The molecule has 1 aromatic carbocycles. The summed E-state index contributed by atoms with van der Waals surface area (Å²) in [6.07, 6.45) is 5.20. The van der Waals surface area contributed by atoms with Crippen LogP contribution >= 0.6 is 0 Å². The topological polar surface area (TPSA) is 71.5 Å². The third-order valence-electron chi connectivity index (χ3n) is 4.09. The van der Waals surface area contributed by atoms with E-state index in [1.165, 1.54) is 5.57 Å². The van der Waals surface area contributed by atoms with Gasteiger partial charge in [0.2, 0.25) is 5.82 Å². The van der Waals surface area contributed by atoms with Crippen LogP contribution in [0.2, 0.25) is 0 Å². The summed E-state index contributed by atoms with van der Waals surface area (Å²) < 4.78 is 12.1. The van der Waals surface area contributed by atoms with Gasteiger partial charge in [-0.3, -0.25) is 4.21 Å². The van der Waals surface area contributed by atoms with Crippen LogP contribution in [0.4, 0.5) is 0 Å². The third-order valence-corrected chi connectivity index (χ3v) is 6.12. The number of allylic oxidation sites excluding steroid dienone is 1. The van der Waals surface area contributed by atoms with E-state index in [1.807, 2.05) is 18.2 Å². The molecule has 1 aromatic heterocycles. The lowest BCUT2D eigenvalue weighted by Gasteiger charge is -2.20. The van der Waals surface area contributed by atoms with Gasteiger partial charge in [0.15, 0.2) is 0 Å². The van der Waals surface area contributed by atoms with Crippen LogP contribution in [0.15, 0.2) is 30.3 Å². The van der Waals surface area contributed by atoms with Crippen molar-refractivity contribution in [3.63, 3.8) is 0 Å². The first-order valence-electron chi connectivity index (χ1n) is 6.76. The molecular formula is C14H14N4OS. The normalized spacial score (nSPS) is 28.4. The van der Waals surface area contributed by atoms with Crippen molar-refractivity contribution < 1.29 is 4.21 Å². The number of fused-ring (bicyclic) bond motifs is 2. The Hall–Kier alpha value is -1.82. The number of aromatic nitrogens is 4. The smallest absolute Gasteiger partial charge is 0.205 e. The van der Waals surface area contributed by atoms with Gasteiger partial charge in [-0.05, 0) is 35.6 Å². The first-order valence-corrected chi connectivity index (χ1v) is 8.04. The second-order valence-electron chi connectivity index (χ2n) is 5.24. The van der Waals surface area contributed by atoms with Gasteiger partial charge in [-0.15, -0.1) is 10.2 Å². The first kappa shape index (κ1) is 12.0. The van der Waals surface area contributed by atoms with Crippen LogP contribution in [0.5, 0.6) is 0 Å². The molecule has 3 heterocycles. The summed E-state index contributed by atoms with van der Waals surface area (Å²) >= 11 is 0. The summed E-state index contributed by atoms with van der Waals surface area (Å²) in [5.74, 6) is 0.612. The van der Waals surface area contributed by atoms with Crippen molar-refractivity contribution in [2.75, 3.05) is 0 Å². The van der Waals surface area contributed by atoms with Crippen LogP contribution in [0.25, 0.3) is 17.0 Å². The van der Waals surface area contributed by atoms with Crippen molar-refractivity contribution >= 4 is 16.4 Å². The number of rotatable bonds is 2. The van der Waals surface area contributed by atoms with Crippen LogP contribution in [0.1, 0.15) is 24.8 Å². The Morgan fingerprint density at radius 1 is 1.20 bits per heavy atom. The zero-order valence-electron chi connectivity index (χ0n) is 10.8. The Morgan fingerprint density at radius 3 is 2.80 bits per heavy atom. The van der Waals surface area contributed by atoms with E-state index in [1.54, 1.807) is 0 Å². The van der Waals surface area contributed by atoms with Crippen LogP contribution in [0, 0.1) is 0 Å². The van der Waals surface area contributed by atoms with Crippen molar-refractivity contribution in [3.8, 4) is 11.4 Å². The fourth-order valence-electron chi connectivity index (χ4n) is 3.14. The minimum Gasteiger partial charge on any atom is -0.259 e. The summed E-state index contributed by atoms with van der Waals surface area (Å²) in [7, 11) is -0.683. The number of H-pyrrole nitrogens is 1. The Balaban J connectivity index is 1.81. The summed E-state index contributed by atoms with van der Waals surface area (Å²) in [6.45, 7) is 0.